The van der Waals surface area contributed by atoms with Gasteiger partial charge in [-0.3, -0.25) is 10.1 Å². The molecule has 7 heteroatoms. The van der Waals surface area contributed by atoms with Crippen molar-refractivity contribution in [2.45, 2.75) is 46.5 Å². The summed E-state index contributed by atoms with van der Waals surface area (Å²) in [6.45, 7) is 10.0. The van der Waals surface area contributed by atoms with Crippen LogP contribution in [0.3, 0.4) is 0 Å². The van der Waals surface area contributed by atoms with E-state index < -0.39 is 0 Å². The highest BCUT2D eigenvalue weighted by Crippen LogP contribution is 2.32. The normalized spacial score (nSPS) is 11.2. The van der Waals surface area contributed by atoms with Crippen molar-refractivity contribution in [2.75, 3.05) is 11.9 Å². The maximum atomic E-state index is 12.1. The zero-order valence-corrected chi connectivity index (χ0v) is 16.1. The number of hydrogen-bond donors (Lipinski definition) is 1. The Kier molecular flexibility index (Phi) is 6.18. The first-order valence-corrected chi connectivity index (χ1v) is 9.03. The largest absolute Gasteiger partial charge is 0.483 e. The molecule has 1 aromatic heterocycles. The molecule has 0 aliphatic carbocycles. The van der Waals surface area contributed by atoms with Gasteiger partial charge >= 0.3 is 0 Å². The maximum Gasteiger partial charge on any atom is 0.264 e. The van der Waals surface area contributed by atoms with Gasteiger partial charge in [-0.25, -0.2) is 0 Å². The van der Waals surface area contributed by atoms with Crippen molar-refractivity contribution < 1.29 is 9.53 Å². The Labute approximate surface area is 151 Å². The molecule has 1 amide bonds. The number of hydrogen-bond acceptors (Lipinski definition) is 5. The molecule has 0 saturated heterocycles. The van der Waals surface area contributed by atoms with E-state index in [2.05, 4.69) is 29.4 Å². The van der Waals surface area contributed by atoms with Crippen molar-refractivity contribution in [3.05, 3.63) is 33.3 Å². The highest BCUT2D eigenvalue weighted by atomic mass is 35.5. The Morgan fingerprint density at radius 3 is 2.54 bits per heavy atom. The topological polar surface area (TPSA) is 64.1 Å². The Morgan fingerprint density at radius 1 is 1.25 bits per heavy atom. The number of nitrogens with one attached hydrogen (secondary N) is 1. The van der Waals surface area contributed by atoms with Crippen molar-refractivity contribution in [2.24, 2.45) is 0 Å². The van der Waals surface area contributed by atoms with E-state index in [1.54, 1.807) is 0 Å². The summed E-state index contributed by atoms with van der Waals surface area (Å²) in [5.74, 6) is 0.957. The highest BCUT2D eigenvalue weighted by molar-refractivity contribution is 7.15. The van der Waals surface area contributed by atoms with Crippen LogP contribution in [-0.4, -0.2) is 22.7 Å². The number of benzene rings is 1. The van der Waals surface area contributed by atoms with E-state index in [9.17, 15) is 4.79 Å². The lowest BCUT2D eigenvalue weighted by Crippen LogP contribution is -2.20. The predicted octanol–water partition coefficient (Wildman–Crippen LogP) is 4.76. The second-order valence-electron chi connectivity index (χ2n) is 6.23. The second kappa shape index (κ2) is 7.94. The van der Waals surface area contributed by atoms with Gasteiger partial charge in [-0.1, -0.05) is 50.6 Å². The fourth-order valence-electron chi connectivity index (χ4n) is 2.06. The molecule has 0 spiro atoms. The van der Waals surface area contributed by atoms with Crippen molar-refractivity contribution in [1.29, 1.82) is 0 Å². The van der Waals surface area contributed by atoms with E-state index in [0.29, 0.717) is 15.9 Å². The fraction of sp³-hybridized carbons (Fsp3) is 0.471. The van der Waals surface area contributed by atoms with Crippen molar-refractivity contribution in [3.8, 4) is 5.75 Å². The summed E-state index contributed by atoms with van der Waals surface area (Å²) in [6.07, 6.45) is 0. The summed E-state index contributed by atoms with van der Waals surface area (Å²) in [6, 6.07) is 3.77. The van der Waals surface area contributed by atoms with Gasteiger partial charge in [-0.15, -0.1) is 10.2 Å². The summed E-state index contributed by atoms with van der Waals surface area (Å²) < 4.78 is 5.71. The SMILES string of the molecule is Cc1cc(OCC(=O)Nc2nnc(C(C)C)s2)c(C(C)C)cc1Cl. The molecule has 0 atom stereocenters. The molecule has 0 saturated carbocycles. The van der Waals surface area contributed by atoms with Crippen molar-refractivity contribution >= 4 is 34.0 Å². The molecule has 24 heavy (non-hydrogen) atoms. The monoisotopic (exact) mass is 367 g/mol. The Bertz CT molecular complexity index is 729. The summed E-state index contributed by atoms with van der Waals surface area (Å²) >= 11 is 7.56. The van der Waals surface area contributed by atoms with Gasteiger partial charge in [0.1, 0.15) is 10.8 Å². The van der Waals surface area contributed by atoms with E-state index in [1.807, 2.05) is 32.9 Å². The third-order valence-electron chi connectivity index (χ3n) is 3.45. The minimum atomic E-state index is -0.260. The predicted molar refractivity (Wildman–Crippen MR) is 98.4 cm³/mol. The molecule has 5 nitrogen and oxygen atoms in total. The number of amides is 1. The van der Waals surface area contributed by atoms with E-state index in [0.717, 1.165) is 16.1 Å². The van der Waals surface area contributed by atoms with E-state index in [1.165, 1.54) is 11.3 Å². The minimum absolute atomic E-state index is 0.0859. The molecule has 0 aliphatic rings. The summed E-state index contributed by atoms with van der Waals surface area (Å²) in [5.41, 5.74) is 1.90. The number of carbonyl (C=O) groups excluding carboxylic acids is 1. The van der Waals surface area contributed by atoms with E-state index in [-0.39, 0.29) is 24.3 Å². The molecular formula is C17H22ClN3O2S. The van der Waals surface area contributed by atoms with Gasteiger partial charge in [0, 0.05) is 10.9 Å². The molecule has 0 aliphatic heterocycles. The molecule has 130 valence electrons. The molecule has 0 radical (unpaired) electrons. The van der Waals surface area contributed by atoms with Gasteiger partial charge in [-0.05, 0) is 36.1 Å². The van der Waals surface area contributed by atoms with Crippen LogP contribution >= 0.6 is 22.9 Å². The van der Waals surface area contributed by atoms with Gasteiger partial charge in [0.15, 0.2) is 6.61 Å². The van der Waals surface area contributed by atoms with Gasteiger partial charge < -0.3 is 4.74 Å². The highest BCUT2D eigenvalue weighted by Gasteiger charge is 2.14. The Morgan fingerprint density at radius 2 is 1.96 bits per heavy atom. The van der Waals surface area contributed by atoms with Gasteiger partial charge in [0.25, 0.3) is 5.91 Å². The van der Waals surface area contributed by atoms with Gasteiger partial charge in [-0.2, -0.15) is 0 Å². The van der Waals surface area contributed by atoms with Crippen LogP contribution in [0.5, 0.6) is 5.75 Å². The van der Waals surface area contributed by atoms with E-state index >= 15 is 0 Å². The summed E-state index contributed by atoms with van der Waals surface area (Å²) in [4.78, 5) is 12.1. The number of halogens is 1. The third kappa shape index (κ3) is 4.68. The lowest BCUT2D eigenvalue weighted by atomic mass is 10.0. The molecule has 1 N–H and O–H groups in total. The number of nitrogens with zero attached hydrogens (tertiary/aromatic N) is 2. The zero-order valence-electron chi connectivity index (χ0n) is 14.5. The van der Waals surface area contributed by atoms with Gasteiger partial charge in [0.2, 0.25) is 5.13 Å². The first-order chi connectivity index (χ1) is 11.3. The lowest BCUT2D eigenvalue weighted by molar-refractivity contribution is -0.118. The number of rotatable bonds is 6. The van der Waals surface area contributed by atoms with Crippen LogP contribution in [0.15, 0.2) is 12.1 Å². The molecule has 1 heterocycles. The average molecular weight is 368 g/mol. The van der Waals surface area contributed by atoms with Crippen LogP contribution in [0.2, 0.25) is 5.02 Å². The van der Waals surface area contributed by atoms with Crippen LogP contribution in [0.4, 0.5) is 5.13 Å². The minimum Gasteiger partial charge on any atom is -0.483 e. The van der Waals surface area contributed by atoms with Crippen LogP contribution < -0.4 is 10.1 Å². The molecule has 2 aromatic rings. The molecule has 0 fully saturated rings. The van der Waals surface area contributed by atoms with Crippen LogP contribution in [0.25, 0.3) is 0 Å². The number of anilines is 1. The molecule has 0 unspecified atom stereocenters. The first-order valence-electron chi connectivity index (χ1n) is 7.84. The Hall–Kier alpha value is -1.66. The van der Waals surface area contributed by atoms with Gasteiger partial charge in [0.05, 0.1) is 0 Å². The number of ether oxygens (including phenoxy) is 1. The average Bonchev–Trinajstić information content (AvgIpc) is 2.96. The number of carbonyl (C=O) groups is 1. The van der Waals surface area contributed by atoms with E-state index in [4.69, 9.17) is 16.3 Å². The first kappa shape index (κ1) is 18.7. The van der Waals surface area contributed by atoms with Crippen molar-refractivity contribution in [1.82, 2.24) is 10.2 Å². The summed E-state index contributed by atoms with van der Waals surface area (Å²) in [7, 11) is 0. The van der Waals surface area contributed by atoms with Crippen LogP contribution in [-0.2, 0) is 4.79 Å². The maximum absolute atomic E-state index is 12.1. The smallest absolute Gasteiger partial charge is 0.264 e. The second-order valence-corrected chi connectivity index (χ2v) is 7.65. The standard InChI is InChI=1S/C17H22ClN3O2S/c1-9(2)12-7-13(18)11(5)6-14(12)23-8-15(22)19-17-21-20-16(24-17)10(3)4/h6-7,9-10H,8H2,1-5H3,(H,19,21,22). The molecule has 2 rings (SSSR count). The molecule has 0 bridgehead atoms. The quantitative estimate of drug-likeness (QED) is 0.799. The third-order valence-corrected chi connectivity index (χ3v) is 5.00. The number of aromatic nitrogens is 2. The lowest BCUT2D eigenvalue weighted by Gasteiger charge is -2.15. The zero-order chi connectivity index (χ0) is 17.9. The number of aryl methyl sites for hydroxylation is 1. The fourth-order valence-corrected chi connectivity index (χ4v) is 3.00. The Balaban J connectivity index is 2.02. The van der Waals surface area contributed by atoms with Crippen LogP contribution in [0.1, 0.15) is 55.7 Å². The van der Waals surface area contributed by atoms with Crippen LogP contribution in [0, 0.1) is 6.92 Å². The van der Waals surface area contributed by atoms with Crippen molar-refractivity contribution in [3.63, 3.8) is 0 Å². The molecule has 1 aromatic carbocycles. The summed E-state index contributed by atoms with van der Waals surface area (Å²) in [5, 5.41) is 12.8. The molecular weight excluding hydrogens is 346 g/mol.